The number of ether oxygens (including phenoxy) is 3. The maximum absolute atomic E-state index is 12.2. The zero-order valence-corrected chi connectivity index (χ0v) is 19.1. The molecule has 5 rings (SSSR count). The van der Waals surface area contributed by atoms with E-state index < -0.39 is 0 Å². The highest BCUT2D eigenvalue weighted by Gasteiger charge is 2.40. The fraction of sp³-hybridized carbons (Fsp3) is 0.381. The van der Waals surface area contributed by atoms with E-state index in [4.69, 9.17) is 25.8 Å². The van der Waals surface area contributed by atoms with Gasteiger partial charge in [0.25, 0.3) is 11.8 Å². The van der Waals surface area contributed by atoms with Gasteiger partial charge >= 0.3 is 6.09 Å². The second-order valence-corrected chi connectivity index (χ2v) is 8.96. The summed E-state index contributed by atoms with van der Waals surface area (Å²) in [6.45, 7) is 1.36. The standard InChI is InChI=1S/C15H16N2O5.C6H6ClNOS/c1-20-12-4-5-16(14(12)18)9-2-3-11-13(6-9)21-7-10-8-22-15(19)17(10)11;1-8-6(9)4-2-3-5(7)10-4/h2-3,6,10,12H,4-5,7-8H2,1H3;2-3H,1H3,(H,8,9). The van der Waals surface area contributed by atoms with Gasteiger partial charge in [-0.05, 0) is 24.3 Å². The number of nitrogens with zero attached hydrogens (tertiary/aromatic N) is 2. The number of carbonyl (C=O) groups is 3. The minimum Gasteiger partial charge on any atom is -0.489 e. The van der Waals surface area contributed by atoms with Crippen LogP contribution in [0, 0.1) is 0 Å². The Kier molecular flexibility index (Phi) is 6.54. The molecule has 170 valence electrons. The molecule has 0 bridgehead atoms. The number of rotatable bonds is 3. The van der Waals surface area contributed by atoms with E-state index in [1.165, 1.54) is 11.3 Å². The minimum atomic E-state index is -0.380. The normalized spacial score (nSPS) is 21.2. The molecule has 3 aliphatic heterocycles. The van der Waals surface area contributed by atoms with Crippen molar-refractivity contribution in [1.29, 1.82) is 0 Å². The van der Waals surface area contributed by atoms with Crippen LogP contribution in [0.1, 0.15) is 16.1 Å². The van der Waals surface area contributed by atoms with Crippen molar-refractivity contribution in [1.82, 2.24) is 5.32 Å². The highest BCUT2D eigenvalue weighted by Crippen LogP contribution is 2.40. The molecule has 9 nitrogen and oxygen atoms in total. The first-order chi connectivity index (χ1) is 15.4. The number of fused-ring (bicyclic) bond motifs is 3. The summed E-state index contributed by atoms with van der Waals surface area (Å²) in [6, 6.07) is 8.76. The average molecular weight is 480 g/mol. The second kappa shape index (κ2) is 9.35. The van der Waals surface area contributed by atoms with Crippen LogP contribution >= 0.6 is 22.9 Å². The van der Waals surface area contributed by atoms with E-state index in [2.05, 4.69) is 5.32 Å². The summed E-state index contributed by atoms with van der Waals surface area (Å²) in [4.78, 5) is 38.8. The molecule has 2 unspecified atom stereocenters. The Labute approximate surface area is 193 Å². The molecule has 1 aromatic carbocycles. The van der Waals surface area contributed by atoms with Crippen molar-refractivity contribution in [2.75, 3.05) is 43.7 Å². The number of thiophene rings is 1. The highest BCUT2D eigenvalue weighted by atomic mass is 35.5. The highest BCUT2D eigenvalue weighted by molar-refractivity contribution is 7.17. The van der Waals surface area contributed by atoms with E-state index in [0.717, 1.165) is 5.69 Å². The van der Waals surface area contributed by atoms with Crippen LogP contribution in [0.25, 0.3) is 0 Å². The average Bonchev–Trinajstić information content (AvgIpc) is 3.51. The number of amides is 3. The summed E-state index contributed by atoms with van der Waals surface area (Å²) in [5.74, 6) is 0.467. The Hall–Kier alpha value is -2.82. The van der Waals surface area contributed by atoms with Gasteiger partial charge in [-0.25, -0.2) is 4.79 Å². The predicted octanol–water partition coefficient (Wildman–Crippen LogP) is 2.92. The Morgan fingerprint density at radius 3 is 2.66 bits per heavy atom. The van der Waals surface area contributed by atoms with Gasteiger partial charge in [0.15, 0.2) is 0 Å². The van der Waals surface area contributed by atoms with E-state index in [0.29, 0.717) is 46.8 Å². The van der Waals surface area contributed by atoms with Crippen molar-refractivity contribution >= 4 is 52.2 Å². The van der Waals surface area contributed by atoms with E-state index in [1.54, 1.807) is 48.2 Å². The third kappa shape index (κ3) is 4.25. The zero-order chi connectivity index (χ0) is 22.8. The molecule has 1 aromatic heterocycles. The monoisotopic (exact) mass is 479 g/mol. The van der Waals surface area contributed by atoms with Crippen LogP contribution in [-0.4, -0.2) is 64.0 Å². The van der Waals surface area contributed by atoms with E-state index in [-0.39, 0.29) is 30.1 Å². The number of cyclic esters (lactones) is 1. The predicted molar refractivity (Wildman–Crippen MR) is 120 cm³/mol. The molecule has 2 aromatic rings. The van der Waals surface area contributed by atoms with Crippen molar-refractivity contribution in [3.05, 3.63) is 39.5 Å². The lowest BCUT2D eigenvalue weighted by molar-refractivity contribution is -0.125. The second-order valence-electron chi connectivity index (χ2n) is 7.25. The first-order valence-corrected chi connectivity index (χ1v) is 11.2. The van der Waals surface area contributed by atoms with E-state index >= 15 is 0 Å². The first kappa shape index (κ1) is 22.4. The molecule has 0 aliphatic carbocycles. The van der Waals surface area contributed by atoms with Crippen LogP contribution in [0.5, 0.6) is 5.75 Å². The van der Waals surface area contributed by atoms with E-state index in [9.17, 15) is 14.4 Å². The van der Waals surface area contributed by atoms with E-state index in [1.807, 2.05) is 6.07 Å². The van der Waals surface area contributed by atoms with Crippen LogP contribution < -0.4 is 19.9 Å². The van der Waals surface area contributed by atoms with Crippen molar-refractivity contribution in [3.63, 3.8) is 0 Å². The summed E-state index contributed by atoms with van der Waals surface area (Å²) in [5, 5.41) is 2.51. The summed E-state index contributed by atoms with van der Waals surface area (Å²) in [6.07, 6.45) is -0.0535. The SMILES string of the molecule is CNC(=O)c1ccc(Cl)s1.COC1CCN(c2ccc3c(c2)OCC2COC(=O)N32)C1=O. The molecular weight excluding hydrogens is 458 g/mol. The third-order valence-electron chi connectivity index (χ3n) is 5.37. The van der Waals surface area contributed by atoms with Gasteiger partial charge in [-0.15, -0.1) is 11.3 Å². The van der Waals surface area contributed by atoms with Crippen LogP contribution in [0.2, 0.25) is 4.34 Å². The molecule has 11 heteroatoms. The summed E-state index contributed by atoms with van der Waals surface area (Å²) in [5.41, 5.74) is 1.45. The topological polar surface area (TPSA) is 97.4 Å². The molecule has 0 spiro atoms. The number of hydrogen-bond acceptors (Lipinski definition) is 7. The van der Waals surface area contributed by atoms with Crippen LogP contribution in [0.3, 0.4) is 0 Å². The van der Waals surface area contributed by atoms with Gasteiger partial charge in [-0.1, -0.05) is 11.6 Å². The fourth-order valence-electron chi connectivity index (χ4n) is 3.74. The van der Waals surface area contributed by atoms with Gasteiger partial charge in [0.2, 0.25) is 0 Å². The minimum absolute atomic E-state index is 0.0447. The van der Waals surface area contributed by atoms with Gasteiger partial charge in [-0.3, -0.25) is 14.5 Å². The summed E-state index contributed by atoms with van der Waals surface area (Å²) in [7, 11) is 3.14. The number of anilines is 2. The zero-order valence-electron chi connectivity index (χ0n) is 17.5. The summed E-state index contributed by atoms with van der Waals surface area (Å²) < 4.78 is 16.6. The van der Waals surface area contributed by atoms with Gasteiger partial charge in [0, 0.05) is 38.9 Å². The van der Waals surface area contributed by atoms with Crippen molar-refractivity contribution in [2.45, 2.75) is 18.6 Å². The molecule has 2 saturated heterocycles. The molecule has 0 radical (unpaired) electrons. The number of halogens is 1. The van der Waals surface area contributed by atoms with Gasteiger partial charge in [-0.2, -0.15) is 0 Å². The lowest BCUT2D eigenvalue weighted by Crippen LogP contribution is -2.41. The number of hydrogen-bond donors (Lipinski definition) is 1. The number of nitrogens with one attached hydrogen (secondary N) is 1. The molecule has 0 saturated carbocycles. The molecule has 32 heavy (non-hydrogen) atoms. The summed E-state index contributed by atoms with van der Waals surface area (Å²) >= 11 is 6.87. The molecule has 3 aliphatic rings. The Balaban J connectivity index is 0.000000207. The number of carbonyl (C=O) groups excluding carboxylic acids is 3. The van der Waals surface area contributed by atoms with Crippen LogP contribution in [0.4, 0.5) is 16.2 Å². The smallest absolute Gasteiger partial charge is 0.414 e. The number of methoxy groups -OCH3 is 1. The maximum atomic E-state index is 12.2. The molecule has 4 heterocycles. The lowest BCUT2D eigenvalue weighted by Gasteiger charge is -2.30. The quantitative estimate of drug-likeness (QED) is 0.727. The van der Waals surface area contributed by atoms with Gasteiger partial charge in [0.05, 0.1) is 14.9 Å². The Bertz CT molecular complexity index is 1040. The largest absolute Gasteiger partial charge is 0.489 e. The maximum Gasteiger partial charge on any atom is 0.414 e. The van der Waals surface area contributed by atoms with Crippen LogP contribution in [0.15, 0.2) is 30.3 Å². The van der Waals surface area contributed by atoms with Crippen molar-refractivity contribution in [2.24, 2.45) is 0 Å². The molecule has 1 N–H and O–H groups in total. The number of benzene rings is 1. The van der Waals surface area contributed by atoms with Gasteiger partial charge in [0.1, 0.15) is 31.1 Å². The molecule has 2 fully saturated rings. The molecular formula is C21H22ClN3O6S. The molecule has 3 amide bonds. The Morgan fingerprint density at radius 1 is 1.22 bits per heavy atom. The molecule has 2 atom stereocenters. The van der Waals surface area contributed by atoms with Gasteiger partial charge < -0.3 is 24.4 Å². The van der Waals surface area contributed by atoms with Crippen molar-refractivity contribution < 1.29 is 28.6 Å². The Morgan fingerprint density at radius 2 is 2.00 bits per heavy atom. The van der Waals surface area contributed by atoms with Crippen LogP contribution in [-0.2, 0) is 14.3 Å². The lowest BCUT2D eigenvalue weighted by atomic mass is 10.1. The fourth-order valence-corrected chi connectivity index (χ4v) is 4.73. The first-order valence-electron chi connectivity index (χ1n) is 9.97. The van der Waals surface area contributed by atoms with Crippen molar-refractivity contribution in [3.8, 4) is 5.75 Å². The third-order valence-corrected chi connectivity index (χ3v) is 6.60.